The molecule has 25 heavy (non-hydrogen) atoms. The van der Waals surface area contributed by atoms with Gasteiger partial charge in [0.1, 0.15) is 0 Å². The molecule has 1 aliphatic heterocycles. The van der Waals surface area contributed by atoms with Gasteiger partial charge in [0, 0.05) is 18.8 Å². The van der Waals surface area contributed by atoms with Gasteiger partial charge in [-0.05, 0) is 36.4 Å². The van der Waals surface area contributed by atoms with E-state index >= 15 is 0 Å². The van der Waals surface area contributed by atoms with Crippen molar-refractivity contribution in [1.29, 1.82) is 0 Å². The molecule has 134 valence electrons. The molecule has 1 aliphatic rings. The van der Waals surface area contributed by atoms with Crippen molar-refractivity contribution in [1.82, 2.24) is 4.31 Å². The fraction of sp³-hybridized carbons (Fsp3) is 0.250. The molecule has 0 atom stereocenters. The molecule has 1 N–H and O–H groups in total. The Hall–Kier alpha value is -1.94. The average Bonchev–Trinajstić information content (AvgIpc) is 2.63. The summed E-state index contributed by atoms with van der Waals surface area (Å²) in [6, 6.07) is 13.7. The van der Waals surface area contributed by atoms with E-state index in [1.54, 1.807) is 30.3 Å². The van der Waals surface area contributed by atoms with Crippen molar-refractivity contribution >= 4 is 25.7 Å². The Morgan fingerprint density at radius 3 is 1.96 bits per heavy atom. The zero-order valence-electron chi connectivity index (χ0n) is 13.3. The Balaban J connectivity index is 1.82. The largest absolute Gasteiger partial charge is 0.379 e. The standard InChI is InChI=1S/C16H18N2O5S2/c19-24(20,17-14-4-2-1-3-5-14)15-6-8-16(9-7-15)25(21,22)18-10-12-23-13-11-18/h1-9,17H,10-13H2. The minimum Gasteiger partial charge on any atom is -0.379 e. The van der Waals surface area contributed by atoms with Crippen molar-refractivity contribution in [3.05, 3.63) is 54.6 Å². The van der Waals surface area contributed by atoms with Crippen LogP contribution in [0.2, 0.25) is 0 Å². The first kappa shape index (κ1) is 17.9. The summed E-state index contributed by atoms with van der Waals surface area (Å²) >= 11 is 0. The molecular formula is C16H18N2O5S2. The van der Waals surface area contributed by atoms with Crippen molar-refractivity contribution in [2.24, 2.45) is 0 Å². The molecule has 3 rings (SSSR count). The molecule has 0 radical (unpaired) electrons. The van der Waals surface area contributed by atoms with Crippen molar-refractivity contribution in [3.63, 3.8) is 0 Å². The van der Waals surface area contributed by atoms with Crippen LogP contribution in [-0.4, -0.2) is 47.4 Å². The summed E-state index contributed by atoms with van der Waals surface area (Å²) < 4.78 is 58.8. The minimum atomic E-state index is -3.78. The minimum absolute atomic E-state index is 0.00252. The van der Waals surface area contributed by atoms with E-state index in [-0.39, 0.29) is 22.9 Å². The molecule has 1 heterocycles. The van der Waals surface area contributed by atoms with E-state index in [1.807, 2.05) is 0 Å². The second kappa shape index (κ2) is 7.12. The van der Waals surface area contributed by atoms with Crippen LogP contribution in [0.4, 0.5) is 5.69 Å². The molecule has 0 aliphatic carbocycles. The predicted octanol–water partition coefficient (Wildman–Crippen LogP) is 1.51. The molecule has 7 nitrogen and oxygen atoms in total. The smallest absolute Gasteiger partial charge is 0.261 e. The predicted molar refractivity (Wildman–Crippen MR) is 93.3 cm³/mol. The van der Waals surface area contributed by atoms with Gasteiger partial charge in [0.15, 0.2) is 0 Å². The highest BCUT2D eigenvalue weighted by Crippen LogP contribution is 2.21. The van der Waals surface area contributed by atoms with Gasteiger partial charge in [0.05, 0.1) is 23.0 Å². The van der Waals surface area contributed by atoms with Crippen molar-refractivity contribution in [2.45, 2.75) is 9.79 Å². The van der Waals surface area contributed by atoms with Gasteiger partial charge in [0.2, 0.25) is 10.0 Å². The second-order valence-electron chi connectivity index (χ2n) is 5.46. The fourth-order valence-electron chi connectivity index (χ4n) is 2.45. The van der Waals surface area contributed by atoms with Gasteiger partial charge in [-0.15, -0.1) is 0 Å². The lowest BCUT2D eigenvalue weighted by molar-refractivity contribution is 0.0730. The number of rotatable bonds is 5. The number of nitrogens with one attached hydrogen (secondary N) is 1. The van der Waals surface area contributed by atoms with Crippen LogP contribution in [-0.2, 0) is 24.8 Å². The van der Waals surface area contributed by atoms with Crippen molar-refractivity contribution in [2.75, 3.05) is 31.0 Å². The van der Waals surface area contributed by atoms with Crippen molar-refractivity contribution < 1.29 is 21.6 Å². The van der Waals surface area contributed by atoms with E-state index in [9.17, 15) is 16.8 Å². The molecule has 1 saturated heterocycles. The van der Waals surface area contributed by atoms with Crippen LogP contribution in [0.15, 0.2) is 64.4 Å². The lowest BCUT2D eigenvalue weighted by atomic mass is 10.3. The highest BCUT2D eigenvalue weighted by Gasteiger charge is 2.26. The molecule has 0 bridgehead atoms. The monoisotopic (exact) mass is 382 g/mol. The molecule has 0 spiro atoms. The highest BCUT2D eigenvalue weighted by molar-refractivity contribution is 7.92. The number of nitrogens with zero attached hydrogens (tertiary/aromatic N) is 1. The van der Waals surface area contributed by atoms with Gasteiger partial charge in [0.25, 0.3) is 10.0 Å². The average molecular weight is 382 g/mol. The van der Waals surface area contributed by atoms with E-state index in [0.29, 0.717) is 18.9 Å². The number of anilines is 1. The number of para-hydroxylation sites is 1. The van der Waals surface area contributed by atoms with E-state index in [1.165, 1.54) is 28.6 Å². The third kappa shape index (κ3) is 4.01. The van der Waals surface area contributed by atoms with E-state index in [0.717, 1.165) is 0 Å². The SMILES string of the molecule is O=S(=O)(Nc1ccccc1)c1ccc(S(=O)(=O)N2CCOCC2)cc1. The summed E-state index contributed by atoms with van der Waals surface area (Å²) in [4.78, 5) is 0.0605. The maximum atomic E-state index is 12.5. The first-order chi connectivity index (χ1) is 11.9. The molecule has 2 aromatic carbocycles. The second-order valence-corrected chi connectivity index (χ2v) is 9.08. The first-order valence-electron chi connectivity index (χ1n) is 7.65. The number of morpholine rings is 1. The Kier molecular flexibility index (Phi) is 5.09. The summed E-state index contributed by atoms with van der Waals surface area (Å²) in [7, 11) is -7.42. The quantitative estimate of drug-likeness (QED) is 0.846. The molecular weight excluding hydrogens is 364 g/mol. The Morgan fingerprint density at radius 2 is 1.36 bits per heavy atom. The van der Waals surface area contributed by atoms with Crippen LogP contribution < -0.4 is 4.72 Å². The van der Waals surface area contributed by atoms with Crippen LogP contribution in [0.1, 0.15) is 0 Å². The van der Waals surface area contributed by atoms with E-state index < -0.39 is 20.0 Å². The Labute approximate surface area is 147 Å². The topological polar surface area (TPSA) is 92.8 Å². The van der Waals surface area contributed by atoms with Gasteiger partial charge < -0.3 is 4.74 Å². The summed E-state index contributed by atoms with van der Waals surface area (Å²) in [5.74, 6) is 0. The summed E-state index contributed by atoms with van der Waals surface area (Å²) in [6.07, 6.45) is 0. The summed E-state index contributed by atoms with van der Waals surface area (Å²) in [5, 5.41) is 0. The van der Waals surface area contributed by atoms with Gasteiger partial charge in [-0.25, -0.2) is 16.8 Å². The van der Waals surface area contributed by atoms with E-state index in [4.69, 9.17) is 4.74 Å². The van der Waals surface area contributed by atoms with Crippen LogP contribution >= 0.6 is 0 Å². The van der Waals surface area contributed by atoms with Crippen LogP contribution in [0.5, 0.6) is 0 Å². The fourth-order valence-corrected chi connectivity index (χ4v) is 4.91. The number of hydrogen-bond donors (Lipinski definition) is 1. The lowest BCUT2D eigenvalue weighted by Crippen LogP contribution is -2.40. The number of benzene rings is 2. The third-order valence-corrected chi connectivity index (χ3v) is 7.08. The van der Waals surface area contributed by atoms with Gasteiger partial charge in [-0.1, -0.05) is 18.2 Å². The van der Waals surface area contributed by atoms with E-state index in [2.05, 4.69) is 4.72 Å². The Morgan fingerprint density at radius 1 is 0.800 bits per heavy atom. The lowest BCUT2D eigenvalue weighted by Gasteiger charge is -2.26. The normalized spacial score (nSPS) is 16.5. The zero-order valence-corrected chi connectivity index (χ0v) is 15.0. The summed E-state index contributed by atoms with van der Waals surface area (Å²) in [5.41, 5.74) is 0.438. The van der Waals surface area contributed by atoms with Crippen LogP contribution in [0.25, 0.3) is 0 Å². The third-order valence-electron chi connectivity index (χ3n) is 3.77. The zero-order chi connectivity index (χ0) is 17.9. The Bertz CT molecular complexity index is 920. The van der Waals surface area contributed by atoms with Crippen LogP contribution in [0, 0.1) is 0 Å². The molecule has 2 aromatic rings. The molecule has 9 heteroatoms. The van der Waals surface area contributed by atoms with Gasteiger partial charge >= 0.3 is 0 Å². The maximum absolute atomic E-state index is 12.5. The number of sulfonamides is 2. The van der Waals surface area contributed by atoms with Crippen LogP contribution in [0.3, 0.4) is 0 Å². The maximum Gasteiger partial charge on any atom is 0.261 e. The molecule has 0 amide bonds. The van der Waals surface area contributed by atoms with Gasteiger partial charge in [-0.2, -0.15) is 4.31 Å². The van der Waals surface area contributed by atoms with Gasteiger partial charge in [-0.3, -0.25) is 4.72 Å². The molecule has 0 saturated carbocycles. The van der Waals surface area contributed by atoms with Crippen molar-refractivity contribution in [3.8, 4) is 0 Å². The summed E-state index contributed by atoms with van der Waals surface area (Å²) in [6.45, 7) is 1.29. The number of hydrogen-bond acceptors (Lipinski definition) is 5. The molecule has 0 aromatic heterocycles. The number of ether oxygens (including phenoxy) is 1. The first-order valence-corrected chi connectivity index (χ1v) is 10.6. The highest BCUT2D eigenvalue weighted by atomic mass is 32.2. The molecule has 1 fully saturated rings. The molecule has 0 unspecified atom stereocenters.